The van der Waals surface area contributed by atoms with E-state index in [1.807, 2.05) is 6.92 Å². The quantitative estimate of drug-likeness (QED) is 0.0970. The monoisotopic (exact) mass is 810 g/mol. The van der Waals surface area contributed by atoms with E-state index >= 15 is 0 Å². The van der Waals surface area contributed by atoms with Crippen molar-refractivity contribution in [1.29, 1.82) is 0 Å². The Morgan fingerprint density at radius 2 is 1.53 bits per heavy atom. The summed E-state index contributed by atoms with van der Waals surface area (Å²) in [7, 11) is 0. The second-order valence-electron chi connectivity index (χ2n) is 20.4. The molecule has 2 bridgehead atoms. The van der Waals surface area contributed by atoms with Crippen LogP contribution >= 0.6 is 0 Å². The van der Waals surface area contributed by atoms with Gasteiger partial charge in [0.1, 0.15) is 60.4 Å². The van der Waals surface area contributed by atoms with Crippen LogP contribution in [-0.4, -0.2) is 151 Å². The Labute approximate surface area is 332 Å². The minimum Gasteiger partial charge on any atom is -0.481 e. The largest absolute Gasteiger partial charge is 0.481 e. The van der Waals surface area contributed by atoms with Gasteiger partial charge in [0.2, 0.25) is 0 Å². The summed E-state index contributed by atoms with van der Waals surface area (Å²) in [5, 5.41) is 98.3. The van der Waals surface area contributed by atoms with Crippen molar-refractivity contribution < 1.29 is 79.2 Å². The summed E-state index contributed by atoms with van der Waals surface area (Å²) in [6.07, 6.45) is -13.0. The zero-order chi connectivity index (χ0) is 41.6. The molecule has 0 unspecified atom stereocenters. The molecule has 8 rings (SSSR count). The smallest absolute Gasteiger partial charge is 0.315 e. The average Bonchev–Trinajstić information content (AvgIpc) is 3.46. The highest BCUT2D eigenvalue weighted by Crippen LogP contribution is 2.76. The molecule has 5 aliphatic carbocycles. The fraction of sp³-hybridized carbons (Fsp3) is 0.902. The number of carboxylic acid groups (broad SMARTS) is 1. The van der Waals surface area contributed by atoms with Gasteiger partial charge in [-0.1, -0.05) is 46.3 Å². The fourth-order valence-electron chi connectivity index (χ4n) is 13.9. The summed E-state index contributed by atoms with van der Waals surface area (Å²) in [6.45, 7) is 11.1. The van der Waals surface area contributed by atoms with Crippen molar-refractivity contribution in [2.75, 3.05) is 13.2 Å². The number of carboxylic acids is 1. The van der Waals surface area contributed by atoms with Crippen molar-refractivity contribution in [1.82, 2.24) is 0 Å². The third-order valence-corrected chi connectivity index (χ3v) is 17.4. The van der Waals surface area contributed by atoms with Crippen LogP contribution in [0, 0.1) is 50.2 Å². The van der Waals surface area contributed by atoms with Crippen molar-refractivity contribution in [3.8, 4) is 0 Å². The Hall–Kier alpha value is -1.80. The number of aliphatic hydroxyl groups excluding tert-OH is 8. The van der Waals surface area contributed by atoms with Gasteiger partial charge in [0.15, 0.2) is 12.6 Å². The van der Waals surface area contributed by atoms with Crippen LogP contribution in [0.15, 0.2) is 11.6 Å². The van der Waals surface area contributed by atoms with Gasteiger partial charge in [0, 0.05) is 11.8 Å². The van der Waals surface area contributed by atoms with E-state index in [2.05, 4.69) is 33.8 Å². The highest BCUT2D eigenvalue weighted by atomic mass is 16.7. The third-order valence-electron chi connectivity index (χ3n) is 17.4. The maximum absolute atomic E-state index is 13.6. The number of carbonyl (C=O) groups is 2. The van der Waals surface area contributed by atoms with Crippen LogP contribution < -0.4 is 0 Å². The van der Waals surface area contributed by atoms with Gasteiger partial charge in [0.25, 0.3) is 0 Å². The lowest BCUT2D eigenvalue weighted by Crippen LogP contribution is -2.71. The molecule has 7 fully saturated rings. The van der Waals surface area contributed by atoms with Gasteiger partial charge in [-0.25, -0.2) is 0 Å². The fourth-order valence-corrected chi connectivity index (χ4v) is 13.9. The number of aliphatic hydroxyl groups is 8. The minimum absolute atomic E-state index is 0.125. The highest BCUT2D eigenvalue weighted by molar-refractivity contribution is 5.82. The van der Waals surface area contributed by atoms with E-state index in [0.717, 1.165) is 0 Å². The van der Waals surface area contributed by atoms with Crippen molar-refractivity contribution >= 4 is 11.9 Å². The van der Waals surface area contributed by atoms with Crippen LogP contribution in [-0.2, 0) is 33.3 Å². The minimum atomic E-state index is -1.87. The predicted molar refractivity (Wildman–Crippen MR) is 194 cm³/mol. The van der Waals surface area contributed by atoms with E-state index < -0.39 is 126 Å². The number of esters is 1. The maximum Gasteiger partial charge on any atom is 0.315 e. The molecule has 16 nitrogen and oxygen atoms in total. The number of hydrogen-bond donors (Lipinski definition) is 9. The number of allylic oxidation sites excluding steroid dienone is 2. The van der Waals surface area contributed by atoms with Gasteiger partial charge >= 0.3 is 11.9 Å². The number of carbonyl (C=O) groups excluding carboxylic acids is 1. The zero-order valence-electron chi connectivity index (χ0n) is 33.6. The van der Waals surface area contributed by atoms with Gasteiger partial charge in [-0.3, -0.25) is 9.59 Å². The standard InChI is InChI=1S/C41H62O16/c1-36(2)11-18-17-7-8-22-37(3)12-19(43)31(57-33-29(49)27(47)30(21(15-42)54-33)56-32-28(48)26(46)20(44)16-53-32)40(6,34(50)51)23(37)9-10-38(22,4)39(17,5)13-24(45)41(18)14-25(36)55-35(41)52/h7,18-33,42-49H,8-16H2,1-6H3,(H,50,51)/t18-,19-,20-,21-,22+,23+,24+,25-,26+,27-,28-,29-,30-,31+,32+,33+,37+,38-,39-,40-,41+/m0/s1. The molecule has 16 heteroatoms. The number of hydrogen-bond acceptors (Lipinski definition) is 15. The molecule has 0 aromatic carbocycles. The first-order valence-electron chi connectivity index (χ1n) is 20.6. The van der Waals surface area contributed by atoms with E-state index in [0.29, 0.717) is 38.5 Å². The molecule has 0 aromatic heterocycles. The summed E-state index contributed by atoms with van der Waals surface area (Å²) in [6, 6.07) is 0. The summed E-state index contributed by atoms with van der Waals surface area (Å²) in [5.41, 5.74) is -3.53. The SMILES string of the molecule is CC1(C)C[C@H]2C3=CC[C@@H]4[C@@]5(C)C[C@H](O)[C@@H](O[C@H]6O[C@@H](CO)[C@H](O[C@H]7OC[C@H](O)[C@@H](O)[C@@H]7O)[C@@H](O)[C@@H]6O)[C@@](C)(C(=O)O)[C@@H]5CC[C@]4(C)[C@@]3(C)C[C@@H](O)[C@@]23C[C@@H]1OC3=O. The Morgan fingerprint density at radius 3 is 2.19 bits per heavy atom. The number of ether oxygens (including phenoxy) is 5. The van der Waals surface area contributed by atoms with Gasteiger partial charge in [0.05, 0.1) is 30.8 Å². The van der Waals surface area contributed by atoms with E-state index in [9.17, 15) is 55.5 Å². The Kier molecular flexibility index (Phi) is 10.0. The third kappa shape index (κ3) is 5.54. The lowest BCUT2D eigenvalue weighted by atomic mass is 9.33. The van der Waals surface area contributed by atoms with E-state index in [1.54, 1.807) is 6.92 Å². The van der Waals surface area contributed by atoms with Crippen LogP contribution in [0.5, 0.6) is 0 Å². The summed E-state index contributed by atoms with van der Waals surface area (Å²) in [4.78, 5) is 27.3. The first-order chi connectivity index (χ1) is 26.5. The average molecular weight is 811 g/mol. The molecule has 3 aliphatic heterocycles. The molecule has 0 aromatic rings. The van der Waals surface area contributed by atoms with Crippen LogP contribution in [0.3, 0.4) is 0 Å². The molecule has 3 saturated heterocycles. The van der Waals surface area contributed by atoms with Gasteiger partial charge in [-0.05, 0) is 79.4 Å². The molecule has 21 atom stereocenters. The van der Waals surface area contributed by atoms with E-state index in [1.165, 1.54) is 5.57 Å². The van der Waals surface area contributed by atoms with Crippen molar-refractivity contribution in [3.63, 3.8) is 0 Å². The molecule has 3 heterocycles. The topological polar surface area (TPSA) is 262 Å². The van der Waals surface area contributed by atoms with Crippen LogP contribution in [0.1, 0.15) is 86.5 Å². The first-order valence-corrected chi connectivity index (χ1v) is 20.6. The summed E-state index contributed by atoms with van der Waals surface area (Å²) < 4.78 is 29.0. The van der Waals surface area contributed by atoms with Crippen molar-refractivity contribution in [3.05, 3.63) is 11.6 Å². The van der Waals surface area contributed by atoms with Gasteiger partial charge in [-0.15, -0.1) is 0 Å². The second-order valence-corrected chi connectivity index (χ2v) is 20.4. The molecular formula is C41H62O16. The molecular weight excluding hydrogens is 748 g/mol. The van der Waals surface area contributed by atoms with Crippen LogP contribution in [0.4, 0.5) is 0 Å². The van der Waals surface area contributed by atoms with E-state index in [4.69, 9.17) is 23.7 Å². The number of rotatable bonds is 6. The van der Waals surface area contributed by atoms with Crippen molar-refractivity contribution in [2.24, 2.45) is 50.2 Å². The number of fused-ring (bicyclic) bond motifs is 7. The van der Waals surface area contributed by atoms with Crippen LogP contribution in [0.2, 0.25) is 0 Å². The van der Waals surface area contributed by atoms with E-state index in [-0.39, 0.29) is 35.7 Å². The normalized spacial score (nSPS) is 56.7. The molecule has 9 N–H and O–H groups in total. The Bertz CT molecular complexity index is 1650. The zero-order valence-corrected chi connectivity index (χ0v) is 33.6. The lowest BCUT2D eigenvalue weighted by Gasteiger charge is -2.71. The van der Waals surface area contributed by atoms with Crippen molar-refractivity contribution in [2.45, 2.75) is 166 Å². The molecule has 0 amide bonds. The predicted octanol–water partition coefficient (Wildman–Crippen LogP) is -0.0219. The molecule has 322 valence electrons. The summed E-state index contributed by atoms with van der Waals surface area (Å²) >= 11 is 0. The molecule has 57 heavy (non-hydrogen) atoms. The highest BCUT2D eigenvalue weighted by Gasteiger charge is 2.76. The molecule has 0 radical (unpaired) electrons. The second kappa shape index (κ2) is 13.6. The first kappa shape index (κ1) is 41.9. The van der Waals surface area contributed by atoms with Crippen LogP contribution in [0.25, 0.3) is 0 Å². The Morgan fingerprint density at radius 1 is 0.842 bits per heavy atom. The Balaban J connectivity index is 1.07. The van der Waals surface area contributed by atoms with Gasteiger partial charge in [-0.2, -0.15) is 0 Å². The maximum atomic E-state index is 13.6. The molecule has 1 spiro atoms. The van der Waals surface area contributed by atoms with Gasteiger partial charge < -0.3 is 69.6 Å². The lowest BCUT2D eigenvalue weighted by molar-refractivity contribution is -0.365. The number of aliphatic carboxylic acids is 1. The summed E-state index contributed by atoms with van der Waals surface area (Å²) in [5.74, 6) is -2.38. The molecule has 8 aliphatic rings. The molecule has 4 saturated carbocycles.